The van der Waals surface area contributed by atoms with Gasteiger partial charge in [0.2, 0.25) is 5.91 Å². The summed E-state index contributed by atoms with van der Waals surface area (Å²) in [5.41, 5.74) is 0.241. The molecule has 0 saturated carbocycles. The minimum Gasteiger partial charge on any atom is -0.481 e. The minimum absolute atomic E-state index is 0.161. The van der Waals surface area contributed by atoms with Crippen molar-refractivity contribution in [1.82, 2.24) is 15.2 Å². The fraction of sp³-hybridized carbons (Fsp3) is 0.467. The Morgan fingerprint density at radius 2 is 2.18 bits per heavy atom. The SMILES string of the molecule is C[C@@H]1[C@H](C(=O)O)CCCN1C(=O)CNC(=O)c1ccccn1. The minimum atomic E-state index is -0.887. The van der Waals surface area contributed by atoms with Crippen LogP contribution in [0.15, 0.2) is 24.4 Å². The molecule has 1 aliphatic rings. The second-order valence-electron chi connectivity index (χ2n) is 5.31. The highest BCUT2D eigenvalue weighted by molar-refractivity contribution is 5.94. The predicted molar refractivity (Wildman–Crippen MR) is 78.1 cm³/mol. The smallest absolute Gasteiger partial charge is 0.308 e. The van der Waals surface area contributed by atoms with Crippen LogP contribution in [0.5, 0.6) is 0 Å². The zero-order valence-corrected chi connectivity index (χ0v) is 12.4. The number of nitrogens with zero attached hydrogens (tertiary/aromatic N) is 2. The summed E-state index contributed by atoms with van der Waals surface area (Å²) in [4.78, 5) is 40.7. The average Bonchev–Trinajstić information content (AvgIpc) is 2.53. The van der Waals surface area contributed by atoms with Gasteiger partial charge in [-0.3, -0.25) is 19.4 Å². The van der Waals surface area contributed by atoms with Crippen LogP contribution in [0.4, 0.5) is 0 Å². The van der Waals surface area contributed by atoms with Gasteiger partial charge in [0.1, 0.15) is 5.69 Å². The number of carboxylic acid groups (broad SMARTS) is 1. The number of rotatable bonds is 4. The number of piperidine rings is 1. The quantitative estimate of drug-likeness (QED) is 0.845. The van der Waals surface area contributed by atoms with Gasteiger partial charge in [-0.25, -0.2) is 0 Å². The zero-order chi connectivity index (χ0) is 16.1. The number of likely N-dealkylation sites (tertiary alicyclic amines) is 1. The Morgan fingerprint density at radius 3 is 2.82 bits per heavy atom. The van der Waals surface area contributed by atoms with Crippen molar-refractivity contribution in [3.8, 4) is 0 Å². The van der Waals surface area contributed by atoms with E-state index < -0.39 is 17.8 Å². The third-order valence-corrected chi connectivity index (χ3v) is 3.92. The van der Waals surface area contributed by atoms with Crippen molar-refractivity contribution in [2.45, 2.75) is 25.8 Å². The molecule has 22 heavy (non-hydrogen) atoms. The molecule has 1 aromatic heterocycles. The maximum atomic E-state index is 12.2. The van der Waals surface area contributed by atoms with Gasteiger partial charge in [-0.05, 0) is 31.9 Å². The maximum absolute atomic E-state index is 12.2. The Kier molecular flexibility index (Phi) is 5.08. The average molecular weight is 305 g/mol. The first-order chi connectivity index (χ1) is 10.5. The summed E-state index contributed by atoms with van der Waals surface area (Å²) >= 11 is 0. The Balaban J connectivity index is 1.92. The van der Waals surface area contributed by atoms with Crippen LogP contribution in [0.25, 0.3) is 0 Å². The van der Waals surface area contributed by atoms with E-state index in [0.717, 1.165) is 0 Å². The van der Waals surface area contributed by atoms with Crippen molar-refractivity contribution < 1.29 is 19.5 Å². The summed E-state index contributed by atoms with van der Waals surface area (Å²) in [6, 6.07) is 4.58. The van der Waals surface area contributed by atoms with Gasteiger partial charge in [0.15, 0.2) is 0 Å². The van der Waals surface area contributed by atoms with Gasteiger partial charge in [-0.15, -0.1) is 0 Å². The lowest BCUT2D eigenvalue weighted by Crippen LogP contribution is -2.51. The number of hydrogen-bond acceptors (Lipinski definition) is 4. The Morgan fingerprint density at radius 1 is 1.41 bits per heavy atom. The third-order valence-electron chi connectivity index (χ3n) is 3.92. The first-order valence-electron chi connectivity index (χ1n) is 7.22. The standard InChI is InChI=1S/C15H19N3O4/c1-10-11(15(21)22)5-4-8-18(10)13(19)9-17-14(20)12-6-2-3-7-16-12/h2-3,6-7,10-11H,4-5,8-9H2,1H3,(H,17,20)(H,21,22)/t10-,11-/m1/s1. The van der Waals surface area contributed by atoms with Crippen LogP contribution in [0, 0.1) is 5.92 Å². The van der Waals surface area contributed by atoms with Crippen LogP contribution in [0.3, 0.4) is 0 Å². The van der Waals surface area contributed by atoms with E-state index in [4.69, 9.17) is 5.11 Å². The van der Waals surface area contributed by atoms with E-state index in [1.807, 2.05) is 0 Å². The van der Waals surface area contributed by atoms with Crippen molar-refractivity contribution in [2.75, 3.05) is 13.1 Å². The van der Waals surface area contributed by atoms with Crippen molar-refractivity contribution in [2.24, 2.45) is 5.92 Å². The molecule has 1 aromatic rings. The molecule has 1 aliphatic heterocycles. The predicted octanol–water partition coefficient (Wildman–Crippen LogP) is 0.523. The molecule has 0 radical (unpaired) electrons. The number of carboxylic acids is 1. The molecular formula is C15H19N3O4. The molecule has 1 saturated heterocycles. The van der Waals surface area contributed by atoms with Gasteiger partial charge in [-0.1, -0.05) is 6.07 Å². The monoisotopic (exact) mass is 305 g/mol. The lowest BCUT2D eigenvalue weighted by Gasteiger charge is -2.37. The Bertz CT molecular complexity index is 561. The highest BCUT2D eigenvalue weighted by Gasteiger charge is 2.35. The van der Waals surface area contributed by atoms with Crippen LogP contribution < -0.4 is 5.32 Å². The molecule has 0 aliphatic carbocycles. The number of carbonyl (C=O) groups excluding carboxylic acids is 2. The topological polar surface area (TPSA) is 99.6 Å². The number of hydrogen-bond donors (Lipinski definition) is 2. The van der Waals surface area contributed by atoms with E-state index >= 15 is 0 Å². The summed E-state index contributed by atoms with van der Waals surface area (Å²) in [6.07, 6.45) is 2.72. The van der Waals surface area contributed by atoms with Crippen LogP contribution >= 0.6 is 0 Å². The number of aliphatic carboxylic acids is 1. The van der Waals surface area contributed by atoms with Crippen molar-refractivity contribution in [1.29, 1.82) is 0 Å². The third kappa shape index (κ3) is 3.60. The number of carbonyl (C=O) groups is 3. The van der Waals surface area contributed by atoms with E-state index in [2.05, 4.69) is 10.3 Å². The molecule has 0 unspecified atom stereocenters. The molecule has 2 atom stereocenters. The first kappa shape index (κ1) is 15.9. The second-order valence-corrected chi connectivity index (χ2v) is 5.31. The Hall–Kier alpha value is -2.44. The maximum Gasteiger partial charge on any atom is 0.308 e. The summed E-state index contributed by atoms with van der Waals surface area (Å²) in [5, 5.41) is 11.7. The molecule has 2 heterocycles. The van der Waals surface area contributed by atoms with E-state index in [1.54, 1.807) is 25.1 Å². The summed E-state index contributed by atoms with van der Waals surface area (Å²) < 4.78 is 0. The van der Waals surface area contributed by atoms with E-state index in [-0.39, 0.29) is 24.2 Å². The zero-order valence-electron chi connectivity index (χ0n) is 12.4. The fourth-order valence-corrected chi connectivity index (χ4v) is 2.67. The van der Waals surface area contributed by atoms with Crippen LogP contribution in [-0.2, 0) is 9.59 Å². The van der Waals surface area contributed by atoms with Crippen molar-refractivity contribution in [3.05, 3.63) is 30.1 Å². The summed E-state index contributed by atoms with van der Waals surface area (Å²) in [7, 11) is 0. The molecule has 2 rings (SSSR count). The molecule has 0 bridgehead atoms. The first-order valence-corrected chi connectivity index (χ1v) is 7.22. The molecule has 0 aromatic carbocycles. The number of nitrogens with one attached hydrogen (secondary N) is 1. The molecule has 7 heteroatoms. The molecule has 2 amide bonds. The van der Waals surface area contributed by atoms with Gasteiger partial charge in [0.05, 0.1) is 12.5 Å². The molecule has 2 N–H and O–H groups in total. The lowest BCUT2D eigenvalue weighted by molar-refractivity contribution is -0.148. The van der Waals surface area contributed by atoms with E-state index in [9.17, 15) is 14.4 Å². The summed E-state index contributed by atoms with van der Waals surface area (Å²) in [5.74, 6) is -2.14. The Labute approximate surface area is 128 Å². The molecule has 7 nitrogen and oxygen atoms in total. The van der Waals surface area contributed by atoms with Crippen molar-refractivity contribution in [3.63, 3.8) is 0 Å². The van der Waals surface area contributed by atoms with Gasteiger partial charge in [0, 0.05) is 18.8 Å². The normalized spacial score (nSPS) is 21.2. The lowest BCUT2D eigenvalue weighted by atomic mass is 9.90. The van der Waals surface area contributed by atoms with Gasteiger partial charge >= 0.3 is 5.97 Å². The van der Waals surface area contributed by atoms with Crippen LogP contribution in [0.1, 0.15) is 30.3 Å². The second kappa shape index (κ2) is 7.02. The van der Waals surface area contributed by atoms with Gasteiger partial charge in [-0.2, -0.15) is 0 Å². The van der Waals surface area contributed by atoms with E-state index in [0.29, 0.717) is 19.4 Å². The largest absolute Gasteiger partial charge is 0.481 e. The van der Waals surface area contributed by atoms with E-state index in [1.165, 1.54) is 11.1 Å². The van der Waals surface area contributed by atoms with Gasteiger partial charge < -0.3 is 15.3 Å². The summed E-state index contributed by atoms with van der Waals surface area (Å²) in [6.45, 7) is 2.09. The number of amides is 2. The molecule has 0 spiro atoms. The number of pyridine rings is 1. The number of aromatic nitrogens is 1. The van der Waals surface area contributed by atoms with Crippen molar-refractivity contribution >= 4 is 17.8 Å². The highest BCUT2D eigenvalue weighted by atomic mass is 16.4. The van der Waals surface area contributed by atoms with Gasteiger partial charge in [0.25, 0.3) is 5.91 Å². The fourth-order valence-electron chi connectivity index (χ4n) is 2.67. The van der Waals surface area contributed by atoms with Crippen LogP contribution in [-0.4, -0.2) is 51.9 Å². The molecule has 1 fully saturated rings. The molecule has 118 valence electrons. The molecular weight excluding hydrogens is 286 g/mol. The van der Waals surface area contributed by atoms with Crippen LogP contribution in [0.2, 0.25) is 0 Å². The highest BCUT2D eigenvalue weighted by Crippen LogP contribution is 2.23.